The fraction of sp³-hybridized carbons (Fsp3) is 0.571. The van der Waals surface area contributed by atoms with E-state index < -0.39 is 0 Å². The van der Waals surface area contributed by atoms with Crippen LogP contribution in [-0.4, -0.2) is 12.6 Å². The first-order valence-electron chi connectivity index (χ1n) is 6.32. The van der Waals surface area contributed by atoms with Crippen molar-refractivity contribution in [1.82, 2.24) is 0 Å². The number of nitrogens with two attached hydrogens (primary N) is 1. The molecule has 0 radical (unpaired) electrons. The maximum absolute atomic E-state index is 6.13. The number of benzene rings is 1. The van der Waals surface area contributed by atoms with E-state index in [1.54, 1.807) is 0 Å². The van der Waals surface area contributed by atoms with Crippen LogP contribution in [0.4, 0.5) is 0 Å². The molecule has 2 N–H and O–H groups in total. The smallest absolute Gasteiger partial charge is 0.133 e. The minimum absolute atomic E-state index is 0.266. The molecule has 0 amide bonds. The molecular formula is C14H20BrNO. The third-order valence-electron chi connectivity index (χ3n) is 3.61. The van der Waals surface area contributed by atoms with Crippen LogP contribution in [0.3, 0.4) is 0 Å². The number of ether oxygens (including phenoxy) is 1. The van der Waals surface area contributed by atoms with Crippen molar-refractivity contribution in [2.24, 2.45) is 17.6 Å². The molecule has 3 heteroatoms. The standard InChI is InChI=1S/C14H20BrNO/c1-10-6-7-11(9-16)14(8-10)17-13-5-3-2-4-12(13)15/h2-5,10-11,14H,6-9,16H2,1H3. The Morgan fingerprint density at radius 1 is 1.35 bits per heavy atom. The molecule has 94 valence electrons. The normalized spacial score (nSPS) is 29.0. The maximum atomic E-state index is 6.13. The second-order valence-electron chi connectivity index (χ2n) is 5.00. The molecule has 1 aliphatic carbocycles. The van der Waals surface area contributed by atoms with E-state index in [1.807, 2.05) is 24.3 Å². The molecule has 1 fully saturated rings. The molecule has 17 heavy (non-hydrogen) atoms. The summed E-state index contributed by atoms with van der Waals surface area (Å²) in [5, 5.41) is 0. The van der Waals surface area contributed by atoms with Gasteiger partial charge in [0, 0.05) is 5.92 Å². The highest BCUT2D eigenvalue weighted by atomic mass is 79.9. The van der Waals surface area contributed by atoms with Crippen LogP contribution in [-0.2, 0) is 0 Å². The summed E-state index contributed by atoms with van der Waals surface area (Å²) in [5.74, 6) is 2.17. The highest BCUT2D eigenvalue weighted by Crippen LogP contribution is 2.33. The molecule has 0 aliphatic heterocycles. The molecule has 0 aromatic heterocycles. The van der Waals surface area contributed by atoms with Gasteiger partial charge in [0.2, 0.25) is 0 Å². The molecule has 2 nitrogen and oxygen atoms in total. The lowest BCUT2D eigenvalue weighted by atomic mass is 9.80. The molecule has 1 aromatic rings. The number of hydrogen-bond acceptors (Lipinski definition) is 2. The van der Waals surface area contributed by atoms with Gasteiger partial charge in [-0.25, -0.2) is 0 Å². The van der Waals surface area contributed by atoms with E-state index in [1.165, 1.54) is 12.8 Å². The van der Waals surface area contributed by atoms with Gasteiger partial charge in [-0.05, 0) is 53.4 Å². The molecule has 3 unspecified atom stereocenters. The fourth-order valence-electron chi connectivity index (χ4n) is 2.51. The Labute approximate surface area is 112 Å². The lowest BCUT2D eigenvalue weighted by Gasteiger charge is -2.34. The summed E-state index contributed by atoms with van der Waals surface area (Å²) in [4.78, 5) is 0. The van der Waals surface area contributed by atoms with Crippen molar-refractivity contribution >= 4 is 15.9 Å². The fourth-order valence-corrected chi connectivity index (χ4v) is 2.89. The largest absolute Gasteiger partial charge is 0.489 e. The molecule has 0 heterocycles. The first-order valence-corrected chi connectivity index (χ1v) is 7.11. The van der Waals surface area contributed by atoms with Crippen molar-refractivity contribution in [3.63, 3.8) is 0 Å². The predicted molar refractivity (Wildman–Crippen MR) is 74.1 cm³/mol. The van der Waals surface area contributed by atoms with Crippen LogP contribution >= 0.6 is 15.9 Å². The number of hydrogen-bond donors (Lipinski definition) is 1. The third-order valence-corrected chi connectivity index (χ3v) is 4.26. The molecule has 0 saturated heterocycles. The van der Waals surface area contributed by atoms with Gasteiger partial charge in [0.15, 0.2) is 0 Å². The van der Waals surface area contributed by atoms with Crippen molar-refractivity contribution in [2.75, 3.05) is 6.54 Å². The van der Waals surface area contributed by atoms with Gasteiger partial charge in [-0.15, -0.1) is 0 Å². The van der Waals surface area contributed by atoms with Crippen LogP contribution in [0.2, 0.25) is 0 Å². The van der Waals surface area contributed by atoms with Crippen LogP contribution in [0.15, 0.2) is 28.7 Å². The van der Waals surface area contributed by atoms with Crippen LogP contribution in [0, 0.1) is 11.8 Å². The summed E-state index contributed by atoms with van der Waals surface area (Å²) in [6.07, 6.45) is 3.84. The second kappa shape index (κ2) is 5.87. The molecule has 0 bridgehead atoms. The van der Waals surface area contributed by atoms with E-state index in [4.69, 9.17) is 10.5 Å². The van der Waals surface area contributed by atoms with E-state index in [9.17, 15) is 0 Å². The van der Waals surface area contributed by atoms with Crippen molar-refractivity contribution < 1.29 is 4.74 Å². The van der Waals surface area contributed by atoms with E-state index in [0.29, 0.717) is 5.92 Å². The zero-order valence-corrected chi connectivity index (χ0v) is 11.8. The minimum atomic E-state index is 0.266. The lowest BCUT2D eigenvalue weighted by molar-refractivity contribution is 0.0735. The zero-order valence-electron chi connectivity index (χ0n) is 10.2. The summed E-state index contributed by atoms with van der Waals surface area (Å²) >= 11 is 3.52. The molecule has 0 spiro atoms. The third kappa shape index (κ3) is 3.23. The Morgan fingerprint density at radius 2 is 2.12 bits per heavy atom. The van der Waals surface area contributed by atoms with Gasteiger partial charge in [-0.3, -0.25) is 0 Å². The first kappa shape index (κ1) is 12.9. The quantitative estimate of drug-likeness (QED) is 0.925. The highest BCUT2D eigenvalue weighted by Gasteiger charge is 2.29. The van der Waals surface area contributed by atoms with Gasteiger partial charge in [0.25, 0.3) is 0 Å². The van der Waals surface area contributed by atoms with Crippen molar-refractivity contribution in [3.8, 4) is 5.75 Å². The van der Waals surface area contributed by atoms with Crippen LogP contribution in [0.1, 0.15) is 26.2 Å². The average Bonchev–Trinajstić information content (AvgIpc) is 2.32. The Hall–Kier alpha value is -0.540. The average molecular weight is 298 g/mol. The monoisotopic (exact) mass is 297 g/mol. The van der Waals surface area contributed by atoms with Gasteiger partial charge in [-0.1, -0.05) is 25.5 Å². The number of para-hydroxylation sites is 1. The maximum Gasteiger partial charge on any atom is 0.133 e. The van der Waals surface area contributed by atoms with Gasteiger partial charge in [0.1, 0.15) is 11.9 Å². The summed E-state index contributed by atoms with van der Waals surface area (Å²) in [7, 11) is 0. The minimum Gasteiger partial charge on any atom is -0.489 e. The van der Waals surface area contributed by atoms with Gasteiger partial charge < -0.3 is 10.5 Å². The lowest BCUT2D eigenvalue weighted by Crippen LogP contribution is -2.37. The van der Waals surface area contributed by atoms with Crippen LogP contribution in [0.5, 0.6) is 5.75 Å². The van der Waals surface area contributed by atoms with E-state index in [0.717, 1.165) is 29.1 Å². The number of halogens is 1. The predicted octanol–water partition coefficient (Wildman–Crippen LogP) is 3.59. The van der Waals surface area contributed by atoms with Gasteiger partial charge in [-0.2, -0.15) is 0 Å². The van der Waals surface area contributed by atoms with Crippen molar-refractivity contribution in [3.05, 3.63) is 28.7 Å². The van der Waals surface area contributed by atoms with Gasteiger partial charge >= 0.3 is 0 Å². The topological polar surface area (TPSA) is 35.2 Å². The van der Waals surface area contributed by atoms with Crippen molar-refractivity contribution in [1.29, 1.82) is 0 Å². The second-order valence-corrected chi connectivity index (χ2v) is 5.86. The Balaban J connectivity index is 2.07. The van der Waals surface area contributed by atoms with Crippen LogP contribution < -0.4 is 10.5 Å². The molecule has 2 rings (SSSR count). The van der Waals surface area contributed by atoms with E-state index >= 15 is 0 Å². The number of rotatable bonds is 3. The highest BCUT2D eigenvalue weighted by molar-refractivity contribution is 9.10. The SMILES string of the molecule is CC1CCC(CN)C(Oc2ccccc2Br)C1. The first-order chi connectivity index (χ1) is 8.20. The molecule has 1 aromatic carbocycles. The molecular weight excluding hydrogens is 278 g/mol. The Morgan fingerprint density at radius 3 is 2.82 bits per heavy atom. The Bertz CT molecular complexity index is 369. The van der Waals surface area contributed by atoms with Crippen molar-refractivity contribution in [2.45, 2.75) is 32.3 Å². The summed E-state index contributed by atoms with van der Waals surface area (Å²) in [5.41, 5.74) is 5.84. The summed E-state index contributed by atoms with van der Waals surface area (Å²) in [6.45, 7) is 3.02. The molecule has 1 aliphatic rings. The van der Waals surface area contributed by atoms with Gasteiger partial charge in [0.05, 0.1) is 4.47 Å². The molecule has 3 atom stereocenters. The Kier molecular flexibility index (Phi) is 4.46. The molecule has 1 saturated carbocycles. The van der Waals surface area contributed by atoms with E-state index in [-0.39, 0.29) is 6.10 Å². The zero-order chi connectivity index (χ0) is 12.3. The summed E-state index contributed by atoms with van der Waals surface area (Å²) < 4.78 is 7.16. The van der Waals surface area contributed by atoms with Crippen LogP contribution in [0.25, 0.3) is 0 Å². The summed E-state index contributed by atoms with van der Waals surface area (Å²) in [6, 6.07) is 8.03. The van der Waals surface area contributed by atoms with E-state index in [2.05, 4.69) is 22.9 Å².